The second kappa shape index (κ2) is 2.96. The van der Waals surface area contributed by atoms with Crippen molar-refractivity contribution in [3.05, 3.63) is 0 Å². The predicted octanol–water partition coefficient (Wildman–Crippen LogP) is 0.769. The van der Waals surface area contributed by atoms with Crippen molar-refractivity contribution < 1.29 is 4.39 Å². The Hall–Kier alpha value is -0.150. The number of fused-ring (bicyclic) bond motifs is 2. The van der Waals surface area contributed by atoms with Crippen LogP contribution in [0.3, 0.4) is 0 Å². The number of hydrogen-bond donors (Lipinski definition) is 1. The molecule has 12 heavy (non-hydrogen) atoms. The molecule has 3 atom stereocenters. The van der Waals surface area contributed by atoms with Crippen molar-refractivity contribution in [2.45, 2.75) is 24.9 Å². The molecule has 0 saturated carbocycles. The number of nitrogens with two attached hydrogens (primary N) is 1. The highest BCUT2D eigenvalue weighted by Gasteiger charge is 2.43. The van der Waals surface area contributed by atoms with Gasteiger partial charge in [0, 0.05) is 25.6 Å². The van der Waals surface area contributed by atoms with Crippen molar-refractivity contribution in [2.75, 3.05) is 26.2 Å². The van der Waals surface area contributed by atoms with E-state index in [0.29, 0.717) is 6.42 Å². The van der Waals surface area contributed by atoms with Crippen LogP contribution < -0.4 is 5.73 Å². The minimum absolute atomic E-state index is 0.213. The summed E-state index contributed by atoms with van der Waals surface area (Å²) in [5, 5.41) is 0. The minimum atomic E-state index is -1.04. The van der Waals surface area contributed by atoms with Crippen LogP contribution in [-0.2, 0) is 0 Å². The SMILES string of the molecule is NCC1(F)CCN2CCCC1C2. The summed E-state index contributed by atoms with van der Waals surface area (Å²) in [6.07, 6.45) is 2.83. The monoisotopic (exact) mass is 172 g/mol. The molecule has 70 valence electrons. The van der Waals surface area contributed by atoms with E-state index in [9.17, 15) is 4.39 Å². The molecule has 0 aromatic carbocycles. The van der Waals surface area contributed by atoms with Gasteiger partial charge in [-0.15, -0.1) is 0 Å². The van der Waals surface area contributed by atoms with E-state index in [2.05, 4.69) is 4.90 Å². The molecule has 0 amide bonds. The van der Waals surface area contributed by atoms with Crippen molar-refractivity contribution in [1.29, 1.82) is 0 Å². The summed E-state index contributed by atoms with van der Waals surface area (Å²) in [5.74, 6) is 0.213. The Kier molecular flexibility index (Phi) is 2.09. The van der Waals surface area contributed by atoms with Gasteiger partial charge >= 0.3 is 0 Å². The molecule has 0 aromatic rings. The summed E-state index contributed by atoms with van der Waals surface area (Å²) < 4.78 is 14.0. The molecule has 3 unspecified atom stereocenters. The van der Waals surface area contributed by atoms with E-state index in [1.807, 2.05) is 0 Å². The molecule has 2 N–H and O–H groups in total. The maximum Gasteiger partial charge on any atom is 0.128 e. The summed E-state index contributed by atoms with van der Waals surface area (Å²) in [5.41, 5.74) is 4.43. The van der Waals surface area contributed by atoms with E-state index < -0.39 is 5.67 Å². The zero-order valence-corrected chi connectivity index (χ0v) is 7.43. The molecule has 2 bridgehead atoms. The molecular weight excluding hydrogens is 155 g/mol. The zero-order valence-electron chi connectivity index (χ0n) is 7.43. The lowest BCUT2D eigenvalue weighted by molar-refractivity contribution is -0.0230. The molecule has 3 heteroatoms. The Morgan fingerprint density at radius 1 is 1.50 bits per heavy atom. The molecule has 0 radical (unpaired) electrons. The fraction of sp³-hybridized carbons (Fsp3) is 1.00. The van der Waals surface area contributed by atoms with Crippen LogP contribution in [0.25, 0.3) is 0 Å². The fourth-order valence-electron chi connectivity index (χ4n) is 2.50. The summed E-state index contributed by atoms with van der Waals surface area (Å²) >= 11 is 0. The van der Waals surface area contributed by atoms with E-state index in [1.54, 1.807) is 0 Å². The maximum atomic E-state index is 14.0. The number of hydrogen-bond acceptors (Lipinski definition) is 2. The lowest BCUT2D eigenvalue weighted by atomic mass is 9.77. The largest absolute Gasteiger partial charge is 0.328 e. The van der Waals surface area contributed by atoms with Crippen molar-refractivity contribution in [3.8, 4) is 0 Å². The van der Waals surface area contributed by atoms with Gasteiger partial charge in [0.2, 0.25) is 0 Å². The summed E-state index contributed by atoms with van der Waals surface area (Å²) in [7, 11) is 0. The van der Waals surface area contributed by atoms with Gasteiger partial charge in [0.15, 0.2) is 0 Å². The quantitative estimate of drug-likeness (QED) is 0.633. The average Bonchev–Trinajstić information content (AvgIpc) is 2.13. The Morgan fingerprint density at radius 2 is 2.33 bits per heavy atom. The van der Waals surface area contributed by atoms with E-state index in [-0.39, 0.29) is 12.5 Å². The van der Waals surface area contributed by atoms with E-state index in [0.717, 1.165) is 32.5 Å². The number of alkyl halides is 1. The minimum Gasteiger partial charge on any atom is -0.328 e. The highest BCUT2D eigenvalue weighted by Crippen LogP contribution is 2.36. The van der Waals surface area contributed by atoms with Crippen molar-refractivity contribution in [2.24, 2.45) is 11.7 Å². The number of rotatable bonds is 1. The molecule has 2 fully saturated rings. The van der Waals surface area contributed by atoms with Crippen LogP contribution in [0, 0.1) is 5.92 Å². The standard InChI is InChI=1S/C9H17FN2/c10-9(7-11)3-5-12-4-1-2-8(9)6-12/h8H,1-7,11H2. The van der Waals surface area contributed by atoms with Gasteiger partial charge in [-0.05, 0) is 25.8 Å². The van der Waals surface area contributed by atoms with Crippen LogP contribution in [0.15, 0.2) is 0 Å². The van der Waals surface area contributed by atoms with Crippen LogP contribution in [-0.4, -0.2) is 36.7 Å². The molecule has 0 aromatic heterocycles. The summed E-state index contributed by atoms with van der Waals surface area (Å²) in [6, 6.07) is 0. The van der Waals surface area contributed by atoms with Gasteiger partial charge in [0.25, 0.3) is 0 Å². The first-order valence-corrected chi connectivity index (χ1v) is 4.86. The third-order valence-electron chi connectivity index (χ3n) is 3.42. The number of halogens is 1. The Morgan fingerprint density at radius 3 is 3.08 bits per heavy atom. The Balaban J connectivity index is 2.08. The average molecular weight is 172 g/mol. The van der Waals surface area contributed by atoms with Crippen molar-refractivity contribution >= 4 is 0 Å². The van der Waals surface area contributed by atoms with Crippen LogP contribution in [0.2, 0.25) is 0 Å². The van der Waals surface area contributed by atoms with Gasteiger partial charge in [-0.25, -0.2) is 4.39 Å². The topological polar surface area (TPSA) is 29.3 Å². The Labute approximate surface area is 72.9 Å². The first kappa shape index (κ1) is 8.45. The molecule has 2 aliphatic rings. The van der Waals surface area contributed by atoms with Crippen molar-refractivity contribution in [3.63, 3.8) is 0 Å². The van der Waals surface area contributed by atoms with Gasteiger partial charge < -0.3 is 10.6 Å². The predicted molar refractivity (Wildman–Crippen MR) is 46.7 cm³/mol. The molecule has 0 aliphatic carbocycles. The van der Waals surface area contributed by atoms with E-state index >= 15 is 0 Å². The smallest absolute Gasteiger partial charge is 0.128 e. The van der Waals surface area contributed by atoms with Gasteiger partial charge in [-0.3, -0.25) is 0 Å². The van der Waals surface area contributed by atoms with Crippen LogP contribution in [0.4, 0.5) is 4.39 Å². The lowest BCUT2D eigenvalue weighted by Gasteiger charge is -2.45. The molecule has 2 saturated heterocycles. The normalized spacial score (nSPS) is 47.5. The highest BCUT2D eigenvalue weighted by atomic mass is 19.1. The molecule has 2 nitrogen and oxygen atoms in total. The van der Waals surface area contributed by atoms with Crippen LogP contribution >= 0.6 is 0 Å². The van der Waals surface area contributed by atoms with Crippen molar-refractivity contribution in [1.82, 2.24) is 4.90 Å². The molecule has 2 rings (SSSR count). The number of nitrogens with zero attached hydrogens (tertiary/aromatic N) is 1. The molecule has 2 heterocycles. The summed E-state index contributed by atoms with van der Waals surface area (Å²) in [4.78, 5) is 2.36. The van der Waals surface area contributed by atoms with E-state index in [4.69, 9.17) is 5.73 Å². The first-order valence-electron chi connectivity index (χ1n) is 4.86. The number of piperidine rings is 2. The molecular formula is C9H17FN2. The van der Waals surface area contributed by atoms with Gasteiger partial charge in [-0.2, -0.15) is 0 Å². The van der Waals surface area contributed by atoms with Crippen LogP contribution in [0.1, 0.15) is 19.3 Å². The second-order valence-corrected chi connectivity index (χ2v) is 4.13. The van der Waals surface area contributed by atoms with Gasteiger partial charge in [0.1, 0.15) is 5.67 Å². The highest BCUT2D eigenvalue weighted by molar-refractivity contribution is 4.96. The lowest BCUT2D eigenvalue weighted by Crippen LogP contribution is -2.55. The maximum absolute atomic E-state index is 14.0. The first-order chi connectivity index (χ1) is 5.74. The van der Waals surface area contributed by atoms with Gasteiger partial charge in [0.05, 0.1) is 0 Å². The second-order valence-electron chi connectivity index (χ2n) is 4.13. The summed E-state index contributed by atoms with van der Waals surface area (Å²) in [6.45, 7) is 3.22. The molecule has 2 aliphatic heterocycles. The van der Waals surface area contributed by atoms with Gasteiger partial charge in [-0.1, -0.05) is 0 Å². The molecule has 0 spiro atoms. The fourth-order valence-corrected chi connectivity index (χ4v) is 2.50. The third-order valence-corrected chi connectivity index (χ3v) is 3.42. The van der Waals surface area contributed by atoms with E-state index in [1.165, 1.54) is 0 Å². The zero-order chi connectivity index (χ0) is 8.60. The third kappa shape index (κ3) is 1.25. The van der Waals surface area contributed by atoms with Crippen LogP contribution in [0.5, 0.6) is 0 Å². The Bertz CT molecular complexity index is 174.